The van der Waals surface area contributed by atoms with Gasteiger partial charge in [-0.3, -0.25) is 0 Å². The Bertz CT molecular complexity index is 664. The third-order valence-corrected chi connectivity index (χ3v) is 4.31. The third kappa shape index (κ3) is 1.99. The molecule has 3 rings (SSSR count). The fraction of sp³-hybridized carbons (Fsp3) is 0.467. The van der Waals surface area contributed by atoms with Crippen LogP contribution in [0.1, 0.15) is 16.9 Å². The van der Waals surface area contributed by atoms with E-state index in [1.165, 1.54) is 0 Å². The molecule has 0 aliphatic carbocycles. The summed E-state index contributed by atoms with van der Waals surface area (Å²) in [5.74, 6) is 0.653. The van der Waals surface area contributed by atoms with E-state index in [1.807, 2.05) is 25.1 Å². The Hall–Kier alpha value is -1.23. The molecule has 0 radical (unpaired) electrons. The molecular formula is C15H19ClN2O2. The smallest absolute Gasteiger partial charge is 0.158 e. The highest BCUT2D eigenvalue weighted by Gasteiger charge is 2.25. The van der Waals surface area contributed by atoms with E-state index in [9.17, 15) is 5.11 Å². The maximum atomic E-state index is 9.58. The molecule has 0 bridgehead atoms. The summed E-state index contributed by atoms with van der Waals surface area (Å²) in [6.45, 7) is 1.65. The Morgan fingerprint density at radius 1 is 1.40 bits per heavy atom. The first-order valence-electron chi connectivity index (χ1n) is 6.75. The fourth-order valence-corrected chi connectivity index (χ4v) is 3.22. The highest BCUT2D eigenvalue weighted by atomic mass is 35.5. The summed E-state index contributed by atoms with van der Waals surface area (Å²) in [5, 5.41) is 11.5. The zero-order valence-electron chi connectivity index (χ0n) is 12.0. The summed E-state index contributed by atoms with van der Waals surface area (Å²) in [4.78, 5) is 4.23. The van der Waals surface area contributed by atoms with Crippen LogP contribution in [0.25, 0.3) is 11.0 Å². The van der Waals surface area contributed by atoms with Crippen LogP contribution in [0.3, 0.4) is 0 Å². The van der Waals surface area contributed by atoms with Crippen LogP contribution in [-0.4, -0.2) is 37.7 Å². The number of hydrogen-bond acceptors (Lipinski definition) is 4. The van der Waals surface area contributed by atoms with Gasteiger partial charge in [-0.15, -0.1) is 0 Å². The lowest BCUT2D eigenvalue weighted by molar-refractivity contribution is 0.244. The minimum atomic E-state index is -0.0816. The minimum Gasteiger partial charge on any atom is -0.456 e. The molecule has 20 heavy (non-hydrogen) atoms. The zero-order valence-corrected chi connectivity index (χ0v) is 12.8. The van der Waals surface area contributed by atoms with Gasteiger partial charge < -0.3 is 19.3 Å². The molecule has 0 spiro atoms. The average Bonchev–Trinajstić information content (AvgIpc) is 2.65. The van der Waals surface area contributed by atoms with Gasteiger partial charge in [-0.25, -0.2) is 0 Å². The van der Waals surface area contributed by atoms with Crippen LogP contribution >= 0.6 is 11.6 Å². The summed E-state index contributed by atoms with van der Waals surface area (Å²) in [6.07, 6.45) is 0.900. The molecule has 1 aromatic carbocycles. The molecule has 1 N–H and O–H groups in total. The normalized spacial score (nSPS) is 15.7. The number of hydrogen-bond donors (Lipinski definition) is 1. The lowest BCUT2D eigenvalue weighted by Crippen LogP contribution is -2.19. The van der Waals surface area contributed by atoms with Gasteiger partial charge in [0.05, 0.1) is 5.69 Å². The van der Waals surface area contributed by atoms with E-state index in [1.54, 1.807) is 0 Å². The van der Waals surface area contributed by atoms with Gasteiger partial charge in [0.2, 0.25) is 0 Å². The van der Waals surface area contributed by atoms with Crippen LogP contribution < -0.4 is 4.90 Å². The maximum absolute atomic E-state index is 9.58. The van der Waals surface area contributed by atoms with E-state index in [2.05, 4.69) is 11.9 Å². The van der Waals surface area contributed by atoms with Gasteiger partial charge in [0, 0.05) is 43.2 Å². The number of benzene rings is 1. The number of furan rings is 1. The van der Waals surface area contributed by atoms with Crippen molar-refractivity contribution in [2.75, 3.05) is 32.6 Å². The molecule has 108 valence electrons. The van der Waals surface area contributed by atoms with Crippen LogP contribution in [-0.2, 0) is 19.6 Å². The minimum absolute atomic E-state index is 0.0816. The second-order valence-corrected chi connectivity index (χ2v) is 6.01. The number of aliphatic hydroxyl groups is 1. The van der Waals surface area contributed by atoms with E-state index in [-0.39, 0.29) is 6.61 Å². The summed E-state index contributed by atoms with van der Waals surface area (Å²) in [6, 6.07) is 1.96. The molecule has 1 aliphatic rings. The Kier molecular flexibility index (Phi) is 3.40. The summed E-state index contributed by atoms with van der Waals surface area (Å²) >= 11 is 6.48. The highest BCUT2D eigenvalue weighted by Crippen LogP contribution is 2.41. The van der Waals surface area contributed by atoms with Gasteiger partial charge in [0.1, 0.15) is 12.4 Å². The number of likely N-dealkylation sites (N-methyl/N-ethyl adjacent to an activating group) is 1. The average molecular weight is 295 g/mol. The molecule has 2 heterocycles. The highest BCUT2D eigenvalue weighted by molar-refractivity contribution is 6.33. The van der Waals surface area contributed by atoms with Gasteiger partial charge in [0.25, 0.3) is 0 Å². The first kappa shape index (κ1) is 13.7. The lowest BCUT2D eigenvalue weighted by atomic mass is 10.0. The molecule has 0 unspecified atom stereocenters. The zero-order chi connectivity index (χ0) is 14.4. The molecule has 0 atom stereocenters. The molecule has 0 amide bonds. The van der Waals surface area contributed by atoms with Crippen LogP contribution in [0.5, 0.6) is 0 Å². The van der Waals surface area contributed by atoms with Crippen molar-refractivity contribution in [2.24, 2.45) is 0 Å². The second-order valence-electron chi connectivity index (χ2n) is 5.60. The third-order valence-electron chi connectivity index (χ3n) is 3.97. The molecule has 0 saturated carbocycles. The number of halogens is 1. The molecule has 0 fully saturated rings. The number of aliphatic hydroxyl groups excluding tert-OH is 1. The monoisotopic (exact) mass is 294 g/mol. The van der Waals surface area contributed by atoms with Crippen molar-refractivity contribution < 1.29 is 9.52 Å². The Balaban J connectivity index is 2.39. The molecular weight excluding hydrogens is 276 g/mol. The summed E-state index contributed by atoms with van der Waals surface area (Å²) in [7, 11) is 6.02. The van der Waals surface area contributed by atoms with Crippen LogP contribution in [0.2, 0.25) is 5.02 Å². The van der Waals surface area contributed by atoms with Crippen LogP contribution in [0, 0.1) is 0 Å². The summed E-state index contributed by atoms with van der Waals surface area (Å²) < 4.78 is 5.93. The van der Waals surface area contributed by atoms with E-state index in [0.29, 0.717) is 5.76 Å². The number of anilines is 1. The van der Waals surface area contributed by atoms with Crippen LogP contribution in [0.4, 0.5) is 5.69 Å². The van der Waals surface area contributed by atoms with Gasteiger partial charge in [-0.05, 0) is 25.1 Å². The largest absolute Gasteiger partial charge is 0.456 e. The van der Waals surface area contributed by atoms with Crippen molar-refractivity contribution >= 4 is 28.3 Å². The van der Waals surface area contributed by atoms with E-state index in [4.69, 9.17) is 16.0 Å². The summed E-state index contributed by atoms with van der Waals surface area (Å²) in [5.41, 5.74) is 4.00. The number of rotatable bonds is 2. The Morgan fingerprint density at radius 3 is 2.80 bits per heavy atom. The lowest BCUT2D eigenvalue weighted by Gasteiger charge is -2.16. The topological polar surface area (TPSA) is 39.9 Å². The van der Waals surface area contributed by atoms with Crippen molar-refractivity contribution in [3.8, 4) is 0 Å². The second kappa shape index (κ2) is 4.95. The van der Waals surface area contributed by atoms with E-state index >= 15 is 0 Å². The van der Waals surface area contributed by atoms with Crippen molar-refractivity contribution in [2.45, 2.75) is 19.6 Å². The molecule has 0 saturated heterocycles. The van der Waals surface area contributed by atoms with Crippen molar-refractivity contribution in [3.05, 3.63) is 28.0 Å². The predicted molar refractivity (Wildman–Crippen MR) is 81.5 cm³/mol. The maximum Gasteiger partial charge on any atom is 0.158 e. The van der Waals surface area contributed by atoms with Gasteiger partial charge >= 0.3 is 0 Å². The molecule has 1 aliphatic heterocycles. The van der Waals surface area contributed by atoms with Crippen LogP contribution in [0.15, 0.2) is 10.5 Å². The molecule has 5 heteroatoms. The fourth-order valence-electron chi connectivity index (χ4n) is 2.93. The van der Waals surface area contributed by atoms with Gasteiger partial charge in [0.15, 0.2) is 5.58 Å². The van der Waals surface area contributed by atoms with Crippen molar-refractivity contribution in [1.82, 2.24) is 4.90 Å². The van der Waals surface area contributed by atoms with E-state index < -0.39 is 0 Å². The van der Waals surface area contributed by atoms with Gasteiger partial charge in [-0.2, -0.15) is 0 Å². The first-order chi connectivity index (χ1) is 9.52. The molecule has 1 aromatic heterocycles. The first-order valence-corrected chi connectivity index (χ1v) is 7.13. The van der Waals surface area contributed by atoms with E-state index in [0.717, 1.165) is 52.3 Å². The van der Waals surface area contributed by atoms with Gasteiger partial charge in [-0.1, -0.05) is 11.6 Å². The molecule has 4 nitrogen and oxygen atoms in total. The van der Waals surface area contributed by atoms with Crippen molar-refractivity contribution in [1.29, 1.82) is 0 Å². The predicted octanol–water partition coefficient (Wildman–Crippen LogP) is 2.63. The number of nitrogens with zero attached hydrogens (tertiary/aromatic N) is 2. The quantitative estimate of drug-likeness (QED) is 0.924. The Morgan fingerprint density at radius 2 is 2.15 bits per heavy atom. The Labute approximate surface area is 123 Å². The van der Waals surface area contributed by atoms with Crippen molar-refractivity contribution in [3.63, 3.8) is 0 Å². The SMILES string of the molecule is CN1CCc2c(Cl)cc(N(C)C)c3oc(CO)c(c23)C1. The standard InChI is InChI=1S/C15H19ClN2O2/c1-17(2)12-6-11(16)9-4-5-18(3)7-10-13(8-19)20-15(12)14(9)10/h6,19H,4-5,7-8H2,1-3H3. The molecule has 2 aromatic rings.